The Morgan fingerprint density at radius 2 is 1.88 bits per heavy atom. The van der Waals surface area contributed by atoms with Crippen molar-refractivity contribution < 1.29 is 8.78 Å². The molecule has 3 nitrogen and oxygen atoms in total. The number of hydrogen-bond donors (Lipinski definition) is 1. The number of benzene rings is 1. The van der Waals surface area contributed by atoms with Crippen molar-refractivity contribution in [2.45, 2.75) is 13.5 Å². The van der Waals surface area contributed by atoms with Crippen LogP contribution in [-0.4, -0.2) is 9.97 Å². The molecule has 2 aromatic rings. The fourth-order valence-corrected chi connectivity index (χ4v) is 1.50. The van der Waals surface area contributed by atoms with E-state index in [0.717, 1.165) is 17.8 Å². The SMILES string of the molecule is Cc1cc(CN)nc(-c2ccc(F)c(F)c2)n1. The maximum absolute atomic E-state index is 13.1. The second-order valence-corrected chi connectivity index (χ2v) is 3.66. The maximum Gasteiger partial charge on any atom is 0.159 e. The summed E-state index contributed by atoms with van der Waals surface area (Å²) in [5.41, 5.74) is 7.33. The number of aryl methyl sites for hydroxylation is 1. The zero-order valence-electron chi connectivity index (χ0n) is 9.24. The summed E-state index contributed by atoms with van der Waals surface area (Å²) < 4.78 is 25.9. The standard InChI is InChI=1S/C12H11F2N3/c1-7-4-9(6-15)17-12(16-7)8-2-3-10(13)11(14)5-8/h2-5H,6,15H2,1H3. The zero-order chi connectivity index (χ0) is 12.4. The molecule has 5 heteroatoms. The van der Waals surface area contributed by atoms with Gasteiger partial charge in [-0.2, -0.15) is 0 Å². The summed E-state index contributed by atoms with van der Waals surface area (Å²) in [7, 11) is 0. The van der Waals surface area contributed by atoms with Gasteiger partial charge >= 0.3 is 0 Å². The minimum atomic E-state index is -0.915. The van der Waals surface area contributed by atoms with Gasteiger partial charge in [-0.15, -0.1) is 0 Å². The molecule has 0 spiro atoms. The third kappa shape index (κ3) is 2.45. The topological polar surface area (TPSA) is 51.8 Å². The van der Waals surface area contributed by atoms with Gasteiger partial charge in [0.25, 0.3) is 0 Å². The normalized spacial score (nSPS) is 10.6. The van der Waals surface area contributed by atoms with E-state index in [-0.39, 0.29) is 6.54 Å². The molecule has 88 valence electrons. The Balaban J connectivity index is 2.52. The first kappa shape index (κ1) is 11.6. The van der Waals surface area contributed by atoms with E-state index >= 15 is 0 Å². The van der Waals surface area contributed by atoms with Crippen LogP contribution < -0.4 is 5.73 Å². The molecule has 0 aliphatic carbocycles. The molecule has 0 atom stereocenters. The molecule has 0 saturated heterocycles. The van der Waals surface area contributed by atoms with Crippen LogP contribution in [0.5, 0.6) is 0 Å². The van der Waals surface area contributed by atoms with Crippen molar-refractivity contribution in [3.8, 4) is 11.4 Å². The van der Waals surface area contributed by atoms with Gasteiger partial charge in [-0.05, 0) is 31.2 Å². The lowest BCUT2D eigenvalue weighted by Crippen LogP contribution is -2.03. The minimum Gasteiger partial charge on any atom is -0.325 e. The zero-order valence-corrected chi connectivity index (χ0v) is 9.24. The van der Waals surface area contributed by atoms with Gasteiger partial charge in [0, 0.05) is 17.8 Å². The first-order valence-electron chi connectivity index (χ1n) is 5.10. The smallest absolute Gasteiger partial charge is 0.159 e. The largest absolute Gasteiger partial charge is 0.325 e. The molecule has 2 rings (SSSR count). The fourth-order valence-electron chi connectivity index (χ4n) is 1.50. The van der Waals surface area contributed by atoms with E-state index < -0.39 is 11.6 Å². The van der Waals surface area contributed by atoms with Gasteiger partial charge in [-0.3, -0.25) is 0 Å². The molecule has 1 heterocycles. The molecule has 0 bridgehead atoms. The minimum absolute atomic E-state index is 0.278. The third-order valence-corrected chi connectivity index (χ3v) is 2.29. The van der Waals surface area contributed by atoms with E-state index in [1.54, 1.807) is 13.0 Å². The second kappa shape index (κ2) is 4.55. The summed E-state index contributed by atoms with van der Waals surface area (Å²) in [6.07, 6.45) is 0. The Kier molecular flexibility index (Phi) is 3.10. The third-order valence-electron chi connectivity index (χ3n) is 2.29. The Morgan fingerprint density at radius 3 is 2.53 bits per heavy atom. The van der Waals surface area contributed by atoms with Gasteiger partial charge in [0.05, 0.1) is 5.69 Å². The molecule has 1 aromatic carbocycles. The van der Waals surface area contributed by atoms with Crippen LogP contribution >= 0.6 is 0 Å². The van der Waals surface area contributed by atoms with E-state index in [9.17, 15) is 8.78 Å². The Hall–Kier alpha value is -1.88. The van der Waals surface area contributed by atoms with Crippen molar-refractivity contribution in [3.05, 3.63) is 47.3 Å². The van der Waals surface area contributed by atoms with Crippen molar-refractivity contribution in [1.82, 2.24) is 9.97 Å². The molecule has 2 N–H and O–H groups in total. The van der Waals surface area contributed by atoms with Crippen molar-refractivity contribution in [2.24, 2.45) is 5.73 Å². The lowest BCUT2D eigenvalue weighted by molar-refractivity contribution is 0.509. The highest BCUT2D eigenvalue weighted by atomic mass is 19.2. The molecular formula is C12H11F2N3. The molecule has 0 saturated carbocycles. The van der Waals surface area contributed by atoms with Gasteiger partial charge in [0.1, 0.15) is 0 Å². The van der Waals surface area contributed by atoms with Crippen LogP contribution in [0.2, 0.25) is 0 Å². The summed E-state index contributed by atoms with van der Waals surface area (Å²) in [6.45, 7) is 2.07. The number of nitrogens with zero attached hydrogens (tertiary/aromatic N) is 2. The van der Waals surface area contributed by atoms with Gasteiger partial charge in [-0.25, -0.2) is 18.7 Å². The number of hydrogen-bond acceptors (Lipinski definition) is 3. The molecule has 0 aliphatic rings. The van der Waals surface area contributed by atoms with Crippen LogP contribution in [-0.2, 0) is 6.54 Å². The monoisotopic (exact) mass is 235 g/mol. The number of rotatable bonds is 2. The Bertz CT molecular complexity index is 555. The predicted molar refractivity (Wildman–Crippen MR) is 60.0 cm³/mol. The number of aromatic nitrogens is 2. The summed E-state index contributed by atoms with van der Waals surface area (Å²) in [4.78, 5) is 8.33. The van der Waals surface area contributed by atoms with Gasteiger partial charge < -0.3 is 5.73 Å². The molecular weight excluding hydrogens is 224 g/mol. The first-order chi connectivity index (χ1) is 8.10. The predicted octanol–water partition coefficient (Wildman–Crippen LogP) is 2.19. The average molecular weight is 235 g/mol. The highest BCUT2D eigenvalue weighted by molar-refractivity contribution is 5.55. The van der Waals surface area contributed by atoms with Crippen LogP contribution in [0, 0.1) is 18.6 Å². The van der Waals surface area contributed by atoms with Gasteiger partial charge in [-0.1, -0.05) is 0 Å². The fraction of sp³-hybridized carbons (Fsp3) is 0.167. The summed E-state index contributed by atoms with van der Waals surface area (Å²) in [5.74, 6) is -1.45. The van der Waals surface area contributed by atoms with Crippen LogP contribution in [0.15, 0.2) is 24.3 Å². The molecule has 0 radical (unpaired) electrons. The van der Waals surface area contributed by atoms with Crippen LogP contribution in [0.3, 0.4) is 0 Å². The van der Waals surface area contributed by atoms with Crippen molar-refractivity contribution >= 4 is 0 Å². The maximum atomic E-state index is 13.1. The van der Waals surface area contributed by atoms with Crippen molar-refractivity contribution in [2.75, 3.05) is 0 Å². The lowest BCUT2D eigenvalue weighted by atomic mass is 10.2. The quantitative estimate of drug-likeness (QED) is 0.868. The molecule has 17 heavy (non-hydrogen) atoms. The second-order valence-electron chi connectivity index (χ2n) is 3.66. The number of halogens is 2. The van der Waals surface area contributed by atoms with Crippen molar-refractivity contribution in [1.29, 1.82) is 0 Å². The summed E-state index contributed by atoms with van der Waals surface area (Å²) in [6, 6.07) is 5.32. The first-order valence-corrected chi connectivity index (χ1v) is 5.10. The van der Waals surface area contributed by atoms with Gasteiger partial charge in [0.15, 0.2) is 17.5 Å². The highest BCUT2D eigenvalue weighted by Crippen LogP contribution is 2.18. The number of nitrogens with two attached hydrogens (primary N) is 1. The Labute approximate surface area is 97.3 Å². The summed E-state index contributed by atoms with van der Waals surface area (Å²) in [5, 5.41) is 0. The molecule has 0 amide bonds. The Morgan fingerprint density at radius 1 is 1.12 bits per heavy atom. The highest BCUT2D eigenvalue weighted by Gasteiger charge is 2.08. The van der Waals surface area contributed by atoms with E-state index in [0.29, 0.717) is 17.1 Å². The molecule has 1 aromatic heterocycles. The van der Waals surface area contributed by atoms with Gasteiger partial charge in [0.2, 0.25) is 0 Å². The van der Waals surface area contributed by atoms with E-state index in [1.807, 2.05) is 0 Å². The molecule has 0 aliphatic heterocycles. The van der Waals surface area contributed by atoms with E-state index in [2.05, 4.69) is 9.97 Å². The van der Waals surface area contributed by atoms with Crippen LogP contribution in [0.1, 0.15) is 11.4 Å². The average Bonchev–Trinajstić information content (AvgIpc) is 2.32. The van der Waals surface area contributed by atoms with Crippen LogP contribution in [0.25, 0.3) is 11.4 Å². The van der Waals surface area contributed by atoms with Crippen LogP contribution in [0.4, 0.5) is 8.78 Å². The summed E-state index contributed by atoms with van der Waals surface area (Å²) >= 11 is 0. The van der Waals surface area contributed by atoms with E-state index in [1.165, 1.54) is 6.07 Å². The van der Waals surface area contributed by atoms with E-state index in [4.69, 9.17) is 5.73 Å². The molecule has 0 fully saturated rings. The molecule has 0 unspecified atom stereocenters. The van der Waals surface area contributed by atoms with Crippen molar-refractivity contribution in [3.63, 3.8) is 0 Å². The lowest BCUT2D eigenvalue weighted by Gasteiger charge is -2.05.